The summed E-state index contributed by atoms with van der Waals surface area (Å²) in [6.45, 7) is 0.667. The largest absolute Gasteiger partial charge is 0.389 e. The quantitative estimate of drug-likeness (QED) is 0.460. The molecule has 0 bridgehead atoms. The number of aliphatic hydroxyl groups excluding tert-OH is 1. The number of rotatable bonds is 4. The Labute approximate surface area is 190 Å². The van der Waals surface area contributed by atoms with E-state index < -0.39 is 15.9 Å². The van der Waals surface area contributed by atoms with Crippen molar-refractivity contribution < 1.29 is 18.3 Å². The Balaban J connectivity index is 1.64. The van der Waals surface area contributed by atoms with Gasteiger partial charge in [-0.2, -0.15) is 0 Å². The van der Waals surface area contributed by atoms with Gasteiger partial charge in [0.05, 0.1) is 36.0 Å². The molecule has 0 saturated carbocycles. The number of ether oxygens (including phenoxy) is 1. The van der Waals surface area contributed by atoms with Crippen LogP contribution in [-0.4, -0.2) is 53.6 Å². The second kappa shape index (κ2) is 8.33. The standard InChI is InChI=1S/C24H23N3O5S/c1-33(30,31)22-7-6-15(12-25-22)10-16-11-19-23(18-5-3-2-4-17(16)18)26-14-27(24(19)29)20-8-9-32-13-21(20)28/h2-7,11-12,14,20-21,28H,8-10,13H2,1H3/t20-,21-/m0/s1. The fraction of sp³-hybridized carbons (Fsp3) is 0.292. The number of pyridine rings is 1. The highest BCUT2D eigenvalue weighted by molar-refractivity contribution is 7.90. The van der Waals surface area contributed by atoms with E-state index in [2.05, 4.69) is 9.97 Å². The molecular formula is C24H23N3O5S. The topological polar surface area (TPSA) is 111 Å². The van der Waals surface area contributed by atoms with Crippen molar-refractivity contribution in [3.05, 3.63) is 76.5 Å². The van der Waals surface area contributed by atoms with E-state index >= 15 is 0 Å². The molecule has 0 spiro atoms. The van der Waals surface area contributed by atoms with Crippen LogP contribution in [0, 0.1) is 0 Å². The van der Waals surface area contributed by atoms with Gasteiger partial charge in [0, 0.05) is 24.4 Å². The predicted octanol–water partition coefficient (Wildman–Crippen LogP) is 2.26. The van der Waals surface area contributed by atoms with Gasteiger partial charge >= 0.3 is 0 Å². The summed E-state index contributed by atoms with van der Waals surface area (Å²) < 4.78 is 30.2. The third kappa shape index (κ3) is 4.03. The van der Waals surface area contributed by atoms with Gasteiger partial charge in [-0.25, -0.2) is 18.4 Å². The van der Waals surface area contributed by atoms with Crippen LogP contribution in [0.15, 0.2) is 64.8 Å². The van der Waals surface area contributed by atoms with E-state index in [0.29, 0.717) is 30.4 Å². The van der Waals surface area contributed by atoms with Crippen LogP contribution in [0.4, 0.5) is 0 Å². The number of aromatic nitrogens is 3. The highest BCUT2D eigenvalue weighted by Crippen LogP contribution is 2.28. The zero-order valence-corrected chi connectivity index (χ0v) is 18.8. The highest BCUT2D eigenvalue weighted by Gasteiger charge is 2.27. The molecule has 0 unspecified atom stereocenters. The SMILES string of the molecule is CS(=O)(=O)c1ccc(Cc2cc3c(=O)n([C@H]4CCOC[C@@H]4O)cnc3c3ccccc23)cn1. The van der Waals surface area contributed by atoms with Crippen molar-refractivity contribution in [1.29, 1.82) is 0 Å². The molecular weight excluding hydrogens is 442 g/mol. The van der Waals surface area contributed by atoms with E-state index in [1.165, 1.54) is 17.0 Å². The first-order valence-corrected chi connectivity index (χ1v) is 12.5. The highest BCUT2D eigenvalue weighted by atomic mass is 32.2. The molecule has 3 heterocycles. The van der Waals surface area contributed by atoms with Gasteiger partial charge in [0.15, 0.2) is 14.9 Å². The summed E-state index contributed by atoms with van der Waals surface area (Å²) >= 11 is 0. The molecule has 1 aliphatic rings. The molecule has 1 aliphatic heterocycles. The molecule has 8 nitrogen and oxygen atoms in total. The van der Waals surface area contributed by atoms with E-state index in [0.717, 1.165) is 28.2 Å². The van der Waals surface area contributed by atoms with Crippen molar-refractivity contribution in [3.63, 3.8) is 0 Å². The molecule has 1 saturated heterocycles. The number of hydrogen-bond acceptors (Lipinski definition) is 7. The van der Waals surface area contributed by atoms with Crippen LogP contribution in [0.3, 0.4) is 0 Å². The summed E-state index contributed by atoms with van der Waals surface area (Å²) in [7, 11) is -3.37. The minimum atomic E-state index is -3.37. The van der Waals surface area contributed by atoms with Crippen molar-refractivity contribution in [2.24, 2.45) is 0 Å². The lowest BCUT2D eigenvalue weighted by Gasteiger charge is -2.29. The summed E-state index contributed by atoms with van der Waals surface area (Å²) in [4.78, 5) is 22.2. The first-order valence-electron chi connectivity index (χ1n) is 10.6. The molecule has 4 aromatic rings. The Morgan fingerprint density at radius 2 is 1.91 bits per heavy atom. The lowest BCUT2D eigenvalue weighted by Crippen LogP contribution is -2.39. The minimum Gasteiger partial charge on any atom is -0.389 e. The van der Waals surface area contributed by atoms with Gasteiger partial charge in [-0.15, -0.1) is 0 Å². The molecule has 9 heteroatoms. The first kappa shape index (κ1) is 21.7. The van der Waals surface area contributed by atoms with Crippen molar-refractivity contribution in [2.75, 3.05) is 19.5 Å². The normalized spacial score (nSPS) is 19.2. The van der Waals surface area contributed by atoms with Crippen molar-refractivity contribution in [1.82, 2.24) is 14.5 Å². The van der Waals surface area contributed by atoms with Gasteiger partial charge < -0.3 is 9.84 Å². The zero-order valence-electron chi connectivity index (χ0n) is 18.0. The second-order valence-corrected chi connectivity index (χ2v) is 10.3. The van der Waals surface area contributed by atoms with Crippen LogP contribution in [0.1, 0.15) is 23.6 Å². The van der Waals surface area contributed by atoms with Gasteiger partial charge in [-0.3, -0.25) is 9.36 Å². The first-order chi connectivity index (χ1) is 15.8. The Morgan fingerprint density at radius 3 is 2.61 bits per heavy atom. The number of aliphatic hydroxyl groups is 1. The fourth-order valence-corrected chi connectivity index (χ4v) is 4.98. The average Bonchev–Trinajstić information content (AvgIpc) is 2.80. The summed E-state index contributed by atoms with van der Waals surface area (Å²) in [5, 5.41) is 12.7. The molecule has 33 heavy (non-hydrogen) atoms. The van der Waals surface area contributed by atoms with Gasteiger partial charge in [-0.05, 0) is 41.5 Å². The van der Waals surface area contributed by atoms with Crippen molar-refractivity contribution in [2.45, 2.75) is 30.0 Å². The minimum absolute atomic E-state index is 0.0247. The number of benzene rings is 2. The average molecular weight is 466 g/mol. The molecule has 170 valence electrons. The molecule has 5 rings (SSSR count). The monoisotopic (exact) mass is 465 g/mol. The van der Waals surface area contributed by atoms with E-state index in [1.54, 1.807) is 12.3 Å². The molecule has 2 aromatic carbocycles. The maximum absolute atomic E-state index is 13.5. The lowest BCUT2D eigenvalue weighted by atomic mass is 9.96. The Morgan fingerprint density at radius 1 is 1.12 bits per heavy atom. The number of sulfone groups is 1. The van der Waals surface area contributed by atoms with E-state index in [9.17, 15) is 18.3 Å². The van der Waals surface area contributed by atoms with Crippen molar-refractivity contribution in [3.8, 4) is 0 Å². The number of fused-ring (bicyclic) bond motifs is 3. The summed E-state index contributed by atoms with van der Waals surface area (Å²) in [5.74, 6) is 0. The van der Waals surface area contributed by atoms with Gasteiger partial charge in [0.2, 0.25) is 0 Å². The van der Waals surface area contributed by atoms with E-state index in [1.807, 2.05) is 30.3 Å². The van der Waals surface area contributed by atoms with Crippen LogP contribution < -0.4 is 5.56 Å². The molecule has 2 aromatic heterocycles. The van der Waals surface area contributed by atoms with Crippen LogP contribution >= 0.6 is 0 Å². The van der Waals surface area contributed by atoms with Gasteiger partial charge in [0.25, 0.3) is 5.56 Å². The number of hydrogen-bond donors (Lipinski definition) is 1. The van der Waals surface area contributed by atoms with Crippen LogP contribution in [0.2, 0.25) is 0 Å². The Hall–Kier alpha value is -3.14. The third-order valence-corrected chi connectivity index (χ3v) is 7.10. The van der Waals surface area contributed by atoms with Crippen LogP contribution in [-0.2, 0) is 21.0 Å². The smallest absolute Gasteiger partial charge is 0.261 e. The number of nitrogens with zero attached hydrogens (tertiary/aromatic N) is 3. The zero-order chi connectivity index (χ0) is 23.2. The maximum Gasteiger partial charge on any atom is 0.261 e. The Kier molecular flexibility index (Phi) is 5.48. The molecule has 0 radical (unpaired) electrons. The summed E-state index contributed by atoms with van der Waals surface area (Å²) in [5.41, 5.74) is 2.15. The summed E-state index contributed by atoms with van der Waals surface area (Å²) in [6, 6.07) is 12.5. The van der Waals surface area contributed by atoms with E-state index in [4.69, 9.17) is 4.74 Å². The molecule has 0 aliphatic carbocycles. The second-order valence-electron chi connectivity index (χ2n) is 8.39. The summed E-state index contributed by atoms with van der Waals surface area (Å²) in [6.07, 6.45) is 4.43. The van der Waals surface area contributed by atoms with Crippen molar-refractivity contribution >= 4 is 31.5 Å². The molecule has 0 amide bonds. The molecule has 1 fully saturated rings. The predicted molar refractivity (Wildman–Crippen MR) is 124 cm³/mol. The van der Waals surface area contributed by atoms with Crippen LogP contribution in [0.5, 0.6) is 0 Å². The molecule has 2 atom stereocenters. The van der Waals surface area contributed by atoms with E-state index in [-0.39, 0.29) is 23.2 Å². The molecule has 1 N–H and O–H groups in total. The van der Waals surface area contributed by atoms with Gasteiger partial charge in [0.1, 0.15) is 0 Å². The van der Waals surface area contributed by atoms with Gasteiger partial charge in [-0.1, -0.05) is 30.3 Å². The lowest BCUT2D eigenvalue weighted by molar-refractivity contribution is -0.0395. The maximum atomic E-state index is 13.5. The fourth-order valence-electron chi connectivity index (χ4n) is 4.42. The third-order valence-electron chi connectivity index (χ3n) is 6.10. The Bertz CT molecular complexity index is 1510. The van der Waals surface area contributed by atoms with Crippen LogP contribution in [0.25, 0.3) is 21.7 Å².